The van der Waals surface area contributed by atoms with Crippen LogP contribution >= 0.6 is 0 Å². The molecule has 0 heterocycles. The molecule has 0 unspecified atom stereocenters. The standard InChI is InChI=1S/C4H4O4.CH3NO2/c5-3(6)1-2-4(7)8;2-1(3)4/h1-2H,(H,5,6)(H,7,8);2H2,(H,3,4). The molecule has 0 radical (unpaired) electrons. The average Bonchev–Trinajstić information content (AvgIpc) is 1.82. The van der Waals surface area contributed by atoms with E-state index in [0.717, 1.165) is 0 Å². The molecule has 1 amide bonds. The van der Waals surface area contributed by atoms with Gasteiger partial charge in [0, 0.05) is 12.2 Å². The summed E-state index contributed by atoms with van der Waals surface area (Å²) in [7, 11) is 0. The zero-order chi connectivity index (χ0) is 10.1. The Morgan fingerprint density at radius 3 is 1.17 bits per heavy atom. The lowest BCUT2D eigenvalue weighted by Gasteiger charge is -1.74. The number of aliphatic carboxylic acids is 2. The Balaban J connectivity index is 0. The highest BCUT2D eigenvalue weighted by Gasteiger charge is 1.88. The molecule has 0 aliphatic carbocycles. The Labute approximate surface area is 66.7 Å². The molecule has 7 heteroatoms. The summed E-state index contributed by atoms with van der Waals surface area (Å²) in [6, 6.07) is 0. The van der Waals surface area contributed by atoms with Crippen LogP contribution in [0.25, 0.3) is 0 Å². The minimum atomic E-state index is -1.33. The molecular formula is C5H7NO6. The van der Waals surface area contributed by atoms with Crippen LogP contribution in [0, 0.1) is 0 Å². The fourth-order valence-corrected chi connectivity index (χ4v) is 0.143. The van der Waals surface area contributed by atoms with Gasteiger partial charge in [0.15, 0.2) is 0 Å². The molecule has 0 bridgehead atoms. The van der Waals surface area contributed by atoms with Gasteiger partial charge in [0.25, 0.3) is 0 Å². The van der Waals surface area contributed by atoms with Crippen LogP contribution in [0.2, 0.25) is 0 Å². The molecule has 0 rings (SSSR count). The lowest BCUT2D eigenvalue weighted by atomic mass is 10.5. The summed E-state index contributed by atoms with van der Waals surface area (Å²) < 4.78 is 0. The van der Waals surface area contributed by atoms with Crippen LogP contribution < -0.4 is 5.73 Å². The normalized spacial score (nSPS) is 8.33. The van der Waals surface area contributed by atoms with E-state index in [-0.39, 0.29) is 0 Å². The van der Waals surface area contributed by atoms with Gasteiger partial charge in [-0.25, -0.2) is 14.4 Å². The third kappa shape index (κ3) is 44.1. The minimum absolute atomic E-state index is 0.558. The topological polar surface area (TPSA) is 138 Å². The number of primary amides is 1. The van der Waals surface area contributed by atoms with E-state index in [4.69, 9.17) is 20.1 Å². The number of nitrogens with two attached hydrogens (primary N) is 1. The van der Waals surface area contributed by atoms with Crippen LogP contribution in [0.5, 0.6) is 0 Å². The molecular weight excluding hydrogens is 170 g/mol. The first-order valence-corrected chi connectivity index (χ1v) is 2.48. The number of amides is 1. The quantitative estimate of drug-likeness (QED) is 0.413. The Morgan fingerprint density at radius 2 is 1.08 bits per heavy atom. The maximum atomic E-state index is 9.55. The van der Waals surface area contributed by atoms with Crippen LogP contribution in [0.4, 0.5) is 4.79 Å². The highest BCUT2D eigenvalue weighted by atomic mass is 16.4. The van der Waals surface area contributed by atoms with Gasteiger partial charge in [0.05, 0.1) is 0 Å². The monoisotopic (exact) mass is 177 g/mol. The molecule has 68 valence electrons. The van der Waals surface area contributed by atoms with Crippen molar-refractivity contribution in [2.75, 3.05) is 0 Å². The van der Waals surface area contributed by atoms with Gasteiger partial charge in [-0.15, -0.1) is 0 Å². The second kappa shape index (κ2) is 7.06. The number of hydrogen-bond acceptors (Lipinski definition) is 3. The fraction of sp³-hybridized carbons (Fsp3) is 0. The van der Waals surface area contributed by atoms with E-state index in [1.165, 1.54) is 0 Å². The molecule has 0 aromatic heterocycles. The predicted molar refractivity (Wildman–Crippen MR) is 36.6 cm³/mol. The van der Waals surface area contributed by atoms with Crippen LogP contribution in [-0.2, 0) is 9.59 Å². The number of carbonyl (C=O) groups is 3. The first-order valence-electron chi connectivity index (χ1n) is 2.48. The van der Waals surface area contributed by atoms with Crippen LogP contribution in [0.1, 0.15) is 0 Å². The fourth-order valence-electron chi connectivity index (χ4n) is 0.143. The molecule has 7 nitrogen and oxygen atoms in total. The van der Waals surface area contributed by atoms with E-state index in [0.29, 0.717) is 12.2 Å². The van der Waals surface area contributed by atoms with Crippen LogP contribution in [0.15, 0.2) is 12.2 Å². The average molecular weight is 177 g/mol. The lowest BCUT2D eigenvalue weighted by molar-refractivity contribution is -0.134. The molecule has 0 saturated heterocycles. The second-order valence-electron chi connectivity index (χ2n) is 1.35. The van der Waals surface area contributed by atoms with Crippen molar-refractivity contribution in [3.05, 3.63) is 12.2 Å². The number of hydrogen-bond donors (Lipinski definition) is 4. The van der Waals surface area contributed by atoms with Crippen molar-refractivity contribution in [3.8, 4) is 0 Å². The van der Waals surface area contributed by atoms with Crippen LogP contribution in [0.3, 0.4) is 0 Å². The van der Waals surface area contributed by atoms with Gasteiger partial charge >= 0.3 is 18.0 Å². The SMILES string of the molecule is NC(=O)O.O=C(O)C=CC(=O)O. The van der Waals surface area contributed by atoms with Gasteiger partial charge in [0.2, 0.25) is 0 Å². The number of carboxylic acids is 2. The smallest absolute Gasteiger partial charge is 0.402 e. The zero-order valence-electron chi connectivity index (χ0n) is 5.80. The van der Waals surface area contributed by atoms with Gasteiger partial charge in [-0.2, -0.15) is 0 Å². The minimum Gasteiger partial charge on any atom is -0.478 e. The molecule has 0 saturated carbocycles. The molecule has 0 aromatic carbocycles. The van der Waals surface area contributed by atoms with Crippen molar-refractivity contribution < 1.29 is 29.7 Å². The summed E-state index contributed by atoms with van der Waals surface area (Å²) in [6.45, 7) is 0. The van der Waals surface area contributed by atoms with Crippen molar-refractivity contribution in [1.82, 2.24) is 0 Å². The molecule has 0 aliphatic heterocycles. The molecule has 0 spiro atoms. The van der Waals surface area contributed by atoms with E-state index in [1.54, 1.807) is 0 Å². The highest BCUT2D eigenvalue weighted by Crippen LogP contribution is 1.70. The molecule has 0 fully saturated rings. The van der Waals surface area contributed by atoms with Crippen LogP contribution in [-0.4, -0.2) is 33.4 Å². The van der Waals surface area contributed by atoms with E-state index >= 15 is 0 Å². The Kier molecular flexibility index (Phi) is 7.42. The summed E-state index contributed by atoms with van der Waals surface area (Å²) in [5.74, 6) is -2.51. The van der Waals surface area contributed by atoms with Crippen molar-refractivity contribution in [2.24, 2.45) is 5.73 Å². The largest absolute Gasteiger partial charge is 0.478 e. The second-order valence-corrected chi connectivity index (χ2v) is 1.35. The molecule has 0 atom stereocenters. The van der Waals surface area contributed by atoms with E-state index in [9.17, 15) is 9.59 Å². The van der Waals surface area contributed by atoms with Gasteiger partial charge in [-0.1, -0.05) is 0 Å². The first-order chi connectivity index (χ1) is 5.36. The van der Waals surface area contributed by atoms with Gasteiger partial charge in [-0.3, -0.25) is 0 Å². The Bertz CT molecular complexity index is 188. The summed E-state index contributed by atoms with van der Waals surface area (Å²) >= 11 is 0. The van der Waals surface area contributed by atoms with Crippen molar-refractivity contribution in [2.45, 2.75) is 0 Å². The van der Waals surface area contributed by atoms with Gasteiger partial charge in [-0.05, 0) is 0 Å². The molecule has 12 heavy (non-hydrogen) atoms. The van der Waals surface area contributed by atoms with E-state index in [2.05, 4.69) is 5.73 Å². The predicted octanol–water partition coefficient (Wildman–Crippen LogP) is -0.665. The van der Waals surface area contributed by atoms with Gasteiger partial charge in [0.1, 0.15) is 0 Å². The number of rotatable bonds is 2. The number of carboxylic acid groups (broad SMARTS) is 3. The highest BCUT2D eigenvalue weighted by molar-refractivity contribution is 5.89. The summed E-state index contributed by atoms with van der Waals surface area (Å²) in [6.07, 6.45) is -0.218. The van der Waals surface area contributed by atoms with Crippen molar-refractivity contribution in [3.63, 3.8) is 0 Å². The molecule has 0 aromatic rings. The summed E-state index contributed by atoms with van der Waals surface area (Å²) in [5, 5.41) is 22.8. The molecule has 5 N–H and O–H groups in total. The molecule has 0 aliphatic rings. The zero-order valence-corrected chi connectivity index (χ0v) is 5.80. The third-order valence-electron chi connectivity index (χ3n) is 0.368. The summed E-state index contributed by atoms with van der Waals surface area (Å²) in [4.78, 5) is 27.9. The maximum absolute atomic E-state index is 9.55. The third-order valence-corrected chi connectivity index (χ3v) is 0.368. The summed E-state index contributed by atoms with van der Waals surface area (Å²) in [5.41, 5.74) is 4.03. The van der Waals surface area contributed by atoms with E-state index < -0.39 is 18.0 Å². The van der Waals surface area contributed by atoms with Crippen molar-refractivity contribution >= 4 is 18.0 Å². The first kappa shape index (κ1) is 12.6. The lowest BCUT2D eigenvalue weighted by Crippen LogP contribution is -2.03. The Hall–Kier alpha value is -2.05. The van der Waals surface area contributed by atoms with Crippen molar-refractivity contribution in [1.29, 1.82) is 0 Å². The Morgan fingerprint density at radius 1 is 0.917 bits per heavy atom. The van der Waals surface area contributed by atoms with Gasteiger partial charge < -0.3 is 21.1 Å². The van der Waals surface area contributed by atoms with E-state index in [1.807, 2.05) is 0 Å². The maximum Gasteiger partial charge on any atom is 0.402 e.